The summed E-state index contributed by atoms with van der Waals surface area (Å²) >= 11 is 0. The number of hydrogen-bond donors (Lipinski definition) is 2. The minimum atomic E-state index is -1.17. The van der Waals surface area contributed by atoms with Gasteiger partial charge >= 0.3 is 5.97 Å². The molecule has 3 saturated heterocycles. The number of nitrogens with zero attached hydrogens (tertiary/aromatic N) is 2. The quantitative estimate of drug-likeness (QED) is 0.549. The van der Waals surface area contributed by atoms with E-state index in [9.17, 15) is 24.6 Å². The van der Waals surface area contributed by atoms with E-state index < -0.39 is 41.0 Å². The first kappa shape index (κ1) is 21.8. The van der Waals surface area contributed by atoms with Gasteiger partial charge in [-0.2, -0.15) is 0 Å². The van der Waals surface area contributed by atoms with E-state index in [4.69, 9.17) is 4.74 Å². The van der Waals surface area contributed by atoms with E-state index in [1.165, 1.54) is 4.90 Å². The topological polar surface area (TPSA) is 107 Å². The molecule has 0 saturated carbocycles. The van der Waals surface area contributed by atoms with Crippen molar-refractivity contribution in [3.8, 4) is 0 Å². The maximum atomic E-state index is 13.7. The second-order valence-corrected chi connectivity index (χ2v) is 8.72. The molecule has 1 spiro atoms. The Morgan fingerprint density at radius 2 is 2.14 bits per heavy atom. The van der Waals surface area contributed by atoms with Crippen molar-refractivity contribution >= 4 is 17.8 Å². The second kappa shape index (κ2) is 7.72. The molecule has 3 unspecified atom stereocenters. The number of aliphatic hydroxyl groups is 1. The van der Waals surface area contributed by atoms with E-state index in [2.05, 4.69) is 6.58 Å². The Hall–Kier alpha value is -1.93. The largest absolute Gasteiger partial charge is 0.481 e. The highest BCUT2D eigenvalue weighted by molar-refractivity contribution is 5.98. The number of aliphatic hydroxyl groups excluding tert-OH is 1. The first-order chi connectivity index (χ1) is 13.7. The molecular formula is C21H32N2O6. The minimum absolute atomic E-state index is 0.0238. The molecule has 3 heterocycles. The maximum Gasteiger partial charge on any atom is 0.310 e. The van der Waals surface area contributed by atoms with Gasteiger partial charge in [-0.05, 0) is 25.7 Å². The van der Waals surface area contributed by atoms with E-state index in [1.54, 1.807) is 17.9 Å². The molecule has 162 valence electrons. The van der Waals surface area contributed by atoms with Crippen LogP contribution in [0.25, 0.3) is 0 Å². The number of β-amino-alcohol motifs (C(OH)–C–C–N with tert-alkyl or cyclic N) is 1. The number of fused-ring (bicyclic) bond motifs is 1. The van der Waals surface area contributed by atoms with Crippen molar-refractivity contribution in [3.63, 3.8) is 0 Å². The van der Waals surface area contributed by atoms with Crippen molar-refractivity contribution < 1.29 is 29.3 Å². The molecule has 6 atom stereocenters. The van der Waals surface area contributed by atoms with Crippen LogP contribution in [0.5, 0.6) is 0 Å². The van der Waals surface area contributed by atoms with Gasteiger partial charge in [-0.3, -0.25) is 14.4 Å². The summed E-state index contributed by atoms with van der Waals surface area (Å²) in [5.41, 5.74) is -2.17. The average Bonchev–Trinajstić information content (AvgIpc) is 3.16. The van der Waals surface area contributed by atoms with E-state index in [1.807, 2.05) is 13.8 Å². The highest BCUT2D eigenvalue weighted by Crippen LogP contribution is 2.65. The third-order valence-corrected chi connectivity index (χ3v) is 7.10. The second-order valence-electron chi connectivity index (χ2n) is 8.72. The van der Waals surface area contributed by atoms with E-state index in [-0.39, 0.29) is 25.0 Å². The molecule has 8 nitrogen and oxygen atoms in total. The summed E-state index contributed by atoms with van der Waals surface area (Å²) in [6.07, 6.45) is 3.80. The molecule has 2 N–H and O–H groups in total. The number of likely N-dealkylation sites (tertiary alicyclic amines) is 1. The lowest BCUT2D eigenvalue weighted by atomic mass is 9.62. The van der Waals surface area contributed by atoms with Gasteiger partial charge in [0.15, 0.2) is 0 Å². The van der Waals surface area contributed by atoms with Crippen LogP contribution >= 0.6 is 0 Å². The summed E-state index contributed by atoms with van der Waals surface area (Å²) in [5, 5.41) is 19.5. The number of carbonyl (C=O) groups excluding carboxylic acids is 2. The van der Waals surface area contributed by atoms with Crippen LogP contribution < -0.4 is 0 Å². The van der Waals surface area contributed by atoms with Crippen LogP contribution in [0.1, 0.15) is 40.0 Å². The molecule has 29 heavy (non-hydrogen) atoms. The maximum absolute atomic E-state index is 13.7. The van der Waals surface area contributed by atoms with Gasteiger partial charge in [-0.15, -0.1) is 6.58 Å². The summed E-state index contributed by atoms with van der Waals surface area (Å²) in [6.45, 7) is 9.96. The Morgan fingerprint density at radius 1 is 1.45 bits per heavy atom. The number of ether oxygens (including phenoxy) is 1. The summed E-state index contributed by atoms with van der Waals surface area (Å²) in [5.74, 6) is -3.79. The number of carbonyl (C=O) groups is 3. The molecule has 0 radical (unpaired) electrons. The van der Waals surface area contributed by atoms with Gasteiger partial charge in [-0.1, -0.05) is 26.3 Å². The molecule has 0 aromatic heterocycles. The van der Waals surface area contributed by atoms with E-state index >= 15 is 0 Å². The number of rotatable bonds is 9. The molecule has 0 aromatic rings. The van der Waals surface area contributed by atoms with Crippen molar-refractivity contribution in [2.75, 3.05) is 26.2 Å². The van der Waals surface area contributed by atoms with Crippen LogP contribution in [0.2, 0.25) is 0 Å². The minimum Gasteiger partial charge on any atom is -0.481 e. The van der Waals surface area contributed by atoms with Gasteiger partial charge in [-0.25, -0.2) is 0 Å². The fraction of sp³-hybridized carbons (Fsp3) is 0.762. The van der Waals surface area contributed by atoms with E-state index in [0.717, 1.165) is 12.8 Å². The molecule has 3 fully saturated rings. The van der Waals surface area contributed by atoms with Crippen LogP contribution in [0.4, 0.5) is 0 Å². The first-order valence-electron chi connectivity index (χ1n) is 10.4. The lowest BCUT2D eigenvalue weighted by Crippen LogP contribution is -2.57. The van der Waals surface area contributed by atoms with Gasteiger partial charge in [0.1, 0.15) is 17.6 Å². The third kappa shape index (κ3) is 2.99. The smallest absolute Gasteiger partial charge is 0.310 e. The van der Waals surface area contributed by atoms with Crippen molar-refractivity contribution in [1.82, 2.24) is 9.80 Å². The monoisotopic (exact) mass is 408 g/mol. The average molecular weight is 408 g/mol. The molecule has 0 aliphatic carbocycles. The first-order valence-corrected chi connectivity index (χ1v) is 10.4. The van der Waals surface area contributed by atoms with E-state index in [0.29, 0.717) is 19.5 Å². The number of aliphatic carboxylic acids is 1. The lowest BCUT2D eigenvalue weighted by Gasteiger charge is -2.37. The van der Waals surface area contributed by atoms with Gasteiger partial charge in [0, 0.05) is 19.6 Å². The van der Waals surface area contributed by atoms with Crippen LogP contribution in [0, 0.1) is 17.8 Å². The predicted molar refractivity (Wildman–Crippen MR) is 105 cm³/mol. The zero-order valence-corrected chi connectivity index (χ0v) is 17.5. The Labute approximate surface area is 171 Å². The number of carboxylic acid groups (broad SMARTS) is 1. The van der Waals surface area contributed by atoms with Crippen LogP contribution in [-0.2, 0) is 19.1 Å². The third-order valence-electron chi connectivity index (χ3n) is 7.10. The van der Waals surface area contributed by atoms with Crippen LogP contribution in [0.3, 0.4) is 0 Å². The fourth-order valence-corrected chi connectivity index (χ4v) is 5.71. The van der Waals surface area contributed by atoms with Crippen LogP contribution in [-0.4, -0.2) is 81.3 Å². The van der Waals surface area contributed by atoms with Crippen molar-refractivity contribution in [2.24, 2.45) is 17.8 Å². The van der Waals surface area contributed by atoms with Gasteiger partial charge in [0.05, 0.1) is 18.1 Å². The molecule has 3 aliphatic heterocycles. The number of amides is 2. The summed E-state index contributed by atoms with van der Waals surface area (Å²) < 4.78 is 6.37. The zero-order valence-electron chi connectivity index (χ0n) is 17.5. The summed E-state index contributed by atoms with van der Waals surface area (Å²) in [7, 11) is 0. The number of carboxylic acids is 1. The van der Waals surface area contributed by atoms with Gasteiger partial charge < -0.3 is 24.7 Å². The molecule has 0 aromatic carbocycles. The standard InChI is InChI=1S/C21H32N2O6/c1-5-7-9-22(8-6-2)18(26)16-21-12-13(3)20(4,29-21)15(19(27)28)14(21)17(25)23(16)10-11-24/h6,13-16,24H,2,5,7-12H2,1,3-4H3,(H,27,28)/t13?,14-,15-,16?,20+,21?/m0/s1. The van der Waals surface area contributed by atoms with Crippen molar-refractivity contribution in [2.45, 2.75) is 57.3 Å². The molecule has 3 rings (SSSR count). The number of unbranched alkanes of at least 4 members (excludes halogenated alkanes) is 1. The fourth-order valence-electron chi connectivity index (χ4n) is 5.71. The Balaban J connectivity index is 2.07. The Bertz CT molecular complexity index is 711. The predicted octanol–water partition coefficient (Wildman–Crippen LogP) is 0.889. The Kier molecular flexibility index (Phi) is 5.80. The molecule has 2 bridgehead atoms. The highest BCUT2D eigenvalue weighted by atomic mass is 16.5. The molecule has 2 amide bonds. The van der Waals surface area contributed by atoms with Crippen molar-refractivity contribution in [3.05, 3.63) is 12.7 Å². The molecule has 8 heteroatoms. The normalized spacial score (nSPS) is 37.7. The van der Waals surface area contributed by atoms with Gasteiger partial charge in [0.2, 0.25) is 11.8 Å². The van der Waals surface area contributed by atoms with Gasteiger partial charge in [0.25, 0.3) is 0 Å². The molecular weight excluding hydrogens is 376 g/mol. The summed E-state index contributed by atoms with van der Waals surface area (Å²) in [4.78, 5) is 42.1. The SMILES string of the molecule is C=CCN(CCCC)C(=O)C1N(CCO)C(=O)[C@@H]2[C@@H](C(=O)O)[C@]3(C)OC12CC3C. The van der Waals surface area contributed by atoms with Crippen LogP contribution in [0.15, 0.2) is 12.7 Å². The Morgan fingerprint density at radius 3 is 2.69 bits per heavy atom. The highest BCUT2D eigenvalue weighted by Gasteiger charge is 2.80. The lowest BCUT2D eigenvalue weighted by molar-refractivity contribution is -0.158. The summed E-state index contributed by atoms with van der Waals surface area (Å²) in [6, 6.07) is -0.933. The van der Waals surface area contributed by atoms with Crippen molar-refractivity contribution in [1.29, 1.82) is 0 Å². The molecule has 3 aliphatic rings. The zero-order chi connectivity index (χ0) is 21.6. The number of hydrogen-bond acceptors (Lipinski definition) is 5.